The Morgan fingerprint density at radius 2 is 2.71 bits per heavy atom. The van der Waals surface area contributed by atoms with E-state index in [-0.39, 0.29) is 0 Å². The molecule has 0 aromatic rings. The van der Waals surface area contributed by atoms with Gasteiger partial charge < -0.3 is 0 Å². The van der Waals surface area contributed by atoms with Crippen molar-refractivity contribution in [2.45, 2.75) is 0 Å². The molecular weight excluding hydrogens is 289 g/mol. The van der Waals surface area contributed by atoms with Crippen molar-refractivity contribution in [2.24, 2.45) is 4.99 Å². The first kappa shape index (κ1) is 5.68. The van der Waals surface area contributed by atoms with Crippen LogP contribution in [0.1, 0.15) is 0 Å². The summed E-state index contributed by atoms with van der Waals surface area (Å²) in [5, 5.41) is 0. The predicted octanol–water partition coefficient (Wildman–Crippen LogP) is 0.513. The van der Waals surface area contributed by atoms with E-state index in [0.717, 1.165) is 25.6 Å². The van der Waals surface area contributed by atoms with E-state index in [1.807, 2.05) is 0 Å². The summed E-state index contributed by atoms with van der Waals surface area (Å²) in [6.07, 6.45) is 0. The molecule has 0 aromatic carbocycles. The molecule has 1 unspecified atom stereocenters. The number of hydrogen-bond acceptors (Lipinski definition) is 2. The third-order valence-electron chi connectivity index (χ3n) is 0.657. The van der Waals surface area contributed by atoms with E-state index in [1.54, 1.807) is 0 Å². The van der Waals surface area contributed by atoms with Gasteiger partial charge in [-0.15, -0.1) is 0 Å². The van der Waals surface area contributed by atoms with Crippen LogP contribution in [0.5, 0.6) is 0 Å². The number of rotatable bonds is 1. The van der Waals surface area contributed by atoms with Crippen LogP contribution in [-0.4, -0.2) is 18.8 Å². The van der Waals surface area contributed by atoms with E-state index in [2.05, 4.69) is 23.4 Å². The minimum absolute atomic E-state index is 0.739. The van der Waals surface area contributed by atoms with Gasteiger partial charge in [0.15, 0.2) is 0 Å². The van der Waals surface area contributed by atoms with Crippen LogP contribution < -0.4 is 0 Å². The SMILES string of the molecule is [Ir][PH]C1=NCCO1. The molecule has 0 aromatic heterocycles. The molecule has 2 nitrogen and oxygen atoms in total. The summed E-state index contributed by atoms with van der Waals surface area (Å²) >= 11 is 2.07. The zero-order chi connectivity index (χ0) is 5.11. The second-order valence-corrected chi connectivity index (χ2v) is 3.51. The van der Waals surface area contributed by atoms with E-state index in [4.69, 9.17) is 4.74 Å². The maximum atomic E-state index is 5.06. The Morgan fingerprint density at radius 3 is 3.00 bits per heavy atom. The Bertz CT molecular complexity index is 94.9. The fourth-order valence-electron chi connectivity index (χ4n) is 0.386. The van der Waals surface area contributed by atoms with Gasteiger partial charge in [0, 0.05) is 0 Å². The molecule has 0 bridgehead atoms. The summed E-state index contributed by atoms with van der Waals surface area (Å²) in [7, 11) is 0. The van der Waals surface area contributed by atoms with Gasteiger partial charge in [-0.3, -0.25) is 0 Å². The zero-order valence-corrected chi connectivity index (χ0v) is 7.00. The first-order valence-corrected chi connectivity index (χ1v) is 6.38. The monoisotopic (exact) mass is 295 g/mol. The molecule has 42 valence electrons. The molecular formula is C3H5IrNOP. The first-order valence-electron chi connectivity index (χ1n) is 1.95. The number of aliphatic imine (C=N–C) groups is 1. The molecule has 0 saturated heterocycles. The van der Waals surface area contributed by atoms with Crippen molar-refractivity contribution >= 4 is 12.5 Å². The van der Waals surface area contributed by atoms with E-state index in [9.17, 15) is 0 Å². The topological polar surface area (TPSA) is 21.6 Å². The quantitative estimate of drug-likeness (QED) is 0.646. The Morgan fingerprint density at radius 1 is 1.86 bits per heavy atom. The fourth-order valence-corrected chi connectivity index (χ4v) is 1.79. The van der Waals surface area contributed by atoms with Crippen molar-refractivity contribution in [3.05, 3.63) is 0 Å². The first-order chi connectivity index (χ1) is 3.43. The van der Waals surface area contributed by atoms with Crippen molar-refractivity contribution in [1.82, 2.24) is 0 Å². The summed E-state index contributed by atoms with van der Waals surface area (Å²) in [5.41, 5.74) is 0.944. The standard InChI is InChI=1S/C3H5NOP.Ir/c6-3-4-1-2-5-3;/h6H,1-2H2;/q-1;+1. The van der Waals surface area contributed by atoms with Crippen LogP contribution in [-0.2, 0) is 23.1 Å². The van der Waals surface area contributed by atoms with E-state index in [1.165, 1.54) is 0 Å². The average Bonchev–Trinajstić information content (AvgIpc) is 2.14. The normalized spacial score (nSPS) is 20.6. The number of nitrogens with zero attached hydrogens (tertiary/aromatic N) is 1. The fraction of sp³-hybridized carbons (Fsp3) is 0.667. The summed E-state index contributed by atoms with van der Waals surface area (Å²) in [4.78, 5) is 4.06. The third kappa shape index (κ3) is 1.49. The van der Waals surface area contributed by atoms with Gasteiger partial charge >= 0.3 is 53.7 Å². The Balaban J connectivity index is 2.36. The van der Waals surface area contributed by atoms with Gasteiger partial charge in [0.25, 0.3) is 0 Å². The van der Waals surface area contributed by atoms with Crippen LogP contribution in [0.2, 0.25) is 0 Å². The van der Waals surface area contributed by atoms with Crippen molar-refractivity contribution in [3.63, 3.8) is 0 Å². The van der Waals surface area contributed by atoms with Crippen molar-refractivity contribution in [3.8, 4) is 0 Å². The van der Waals surface area contributed by atoms with Gasteiger partial charge in [-0.1, -0.05) is 0 Å². The molecule has 0 saturated carbocycles. The molecule has 0 aliphatic carbocycles. The van der Waals surface area contributed by atoms with Gasteiger partial charge in [0.2, 0.25) is 0 Å². The summed E-state index contributed by atoms with van der Waals surface area (Å²) in [6.45, 7) is 2.41. The predicted molar refractivity (Wildman–Crippen MR) is 26.6 cm³/mol. The van der Waals surface area contributed by atoms with Crippen LogP contribution in [0.15, 0.2) is 4.99 Å². The van der Waals surface area contributed by atoms with E-state index in [0.29, 0.717) is 0 Å². The van der Waals surface area contributed by atoms with Gasteiger partial charge in [0.05, 0.1) is 0 Å². The Hall–Kier alpha value is 0.549. The van der Waals surface area contributed by atoms with Crippen LogP contribution in [0, 0.1) is 0 Å². The van der Waals surface area contributed by atoms with Crippen molar-refractivity contribution in [1.29, 1.82) is 0 Å². The molecule has 1 rings (SSSR count). The molecule has 0 fully saturated rings. The summed E-state index contributed by atoms with van der Waals surface area (Å²) in [5.74, 6) is 0. The molecule has 1 atom stereocenters. The minimum atomic E-state index is 0.739. The number of ether oxygens (including phenoxy) is 1. The third-order valence-corrected chi connectivity index (χ3v) is 2.64. The van der Waals surface area contributed by atoms with E-state index >= 15 is 0 Å². The van der Waals surface area contributed by atoms with E-state index < -0.39 is 0 Å². The summed E-state index contributed by atoms with van der Waals surface area (Å²) < 4.78 is 5.06. The average molecular weight is 294 g/mol. The summed E-state index contributed by atoms with van der Waals surface area (Å²) in [6, 6.07) is 0. The molecule has 4 heteroatoms. The van der Waals surface area contributed by atoms with Crippen LogP contribution in [0.25, 0.3) is 0 Å². The molecule has 0 spiro atoms. The van der Waals surface area contributed by atoms with Crippen LogP contribution >= 0.6 is 6.82 Å². The second-order valence-electron chi connectivity index (χ2n) is 1.12. The van der Waals surface area contributed by atoms with Crippen molar-refractivity contribution in [2.75, 3.05) is 13.2 Å². The van der Waals surface area contributed by atoms with Crippen LogP contribution in [0.4, 0.5) is 0 Å². The molecule has 0 radical (unpaired) electrons. The molecule has 0 amide bonds. The maximum absolute atomic E-state index is 5.06. The second kappa shape index (κ2) is 2.76. The molecule has 1 aliphatic heterocycles. The Labute approximate surface area is 54.2 Å². The zero-order valence-electron chi connectivity index (χ0n) is 3.60. The molecule has 0 N–H and O–H groups in total. The molecule has 7 heavy (non-hydrogen) atoms. The molecule has 1 aliphatic rings. The molecule has 1 heterocycles. The van der Waals surface area contributed by atoms with Gasteiger partial charge in [-0.05, 0) is 0 Å². The number of hydrogen-bond donors (Lipinski definition) is 0. The van der Waals surface area contributed by atoms with Gasteiger partial charge in [0.1, 0.15) is 0 Å². The van der Waals surface area contributed by atoms with Crippen molar-refractivity contribution < 1.29 is 23.1 Å². The van der Waals surface area contributed by atoms with Gasteiger partial charge in [-0.2, -0.15) is 0 Å². The van der Waals surface area contributed by atoms with Crippen LogP contribution in [0.3, 0.4) is 0 Å². The van der Waals surface area contributed by atoms with Gasteiger partial charge in [-0.25, -0.2) is 0 Å². The Kier molecular flexibility index (Phi) is 2.24.